The number of nitrogens with zero attached hydrogens (tertiary/aromatic N) is 1. The van der Waals surface area contributed by atoms with E-state index in [0.29, 0.717) is 24.2 Å². The molecule has 1 aromatic carbocycles. The molecule has 200 valence electrons. The van der Waals surface area contributed by atoms with Crippen LogP contribution in [0.15, 0.2) is 24.0 Å². The fourth-order valence-corrected chi connectivity index (χ4v) is 6.62. The first-order valence-corrected chi connectivity index (χ1v) is 12.8. The Morgan fingerprint density at radius 1 is 1.30 bits per heavy atom. The molecule has 37 heavy (non-hydrogen) atoms. The predicted molar refractivity (Wildman–Crippen MR) is 130 cm³/mol. The first-order chi connectivity index (χ1) is 17.5. The Morgan fingerprint density at radius 2 is 2.05 bits per heavy atom. The number of Topliss-reactive ketones (excluding diaryl/α,β-unsaturated/α-hetero) is 1. The van der Waals surface area contributed by atoms with Crippen molar-refractivity contribution < 1.29 is 38.8 Å². The number of likely N-dealkylation sites (N-methyl/N-ethyl adjacent to an activating group) is 1. The van der Waals surface area contributed by atoms with Crippen LogP contribution in [0.4, 0.5) is 0 Å². The van der Waals surface area contributed by atoms with Gasteiger partial charge in [-0.3, -0.25) is 4.79 Å². The number of piperidine rings is 1. The van der Waals surface area contributed by atoms with Crippen molar-refractivity contribution in [2.75, 3.05) is 13.6 Å². The maximum atomic E-state index is 13.0. The summed E-state index contributed by atoms with van der Waals surface area (Å²) in [5.74, 6) is -0.866. The van der Waals surface area contributed by atoms with E-state index in [4.69, 9.17) is 19.9 Å². The third-order valence-electron chi connectivity index (χ3n) is 8.58. The fraction of sp³-hybridized carbons (Fsp3) is 0.593. The van der Waals surface area contributed by atoms with Crippen LogP contribution in [0, 0.1) is 0 Å². The molecule has 1 saturated heterocycles. The average molecular weight is 515 g/mol. The zero-order chi connectivity index (χ0) is 26.7. The van der Waals surface area contributed by atoms with Crippen molar-refractivity contribution in [3.05, 3.63) is 40.7 Å². The first-order valence-electron chi connectivity index (χ1n) is 12.8. The molecule has 0 unspecified atom stereocenters. The summed E-state index contributed by atoms with van der Waals surface area (Å²) in [5, 5.41) is 22.2. The van der Waals surface area contributed by atoms with Crippen molar-refractivity contribution in [1.82, 2.24) is 4.90 Å². The van der Waals surface area contributed by atoms with E-state index in [1.807, 2.05) is 19.2 Å². The van der Waals surface area contributed by atoms with Crippen LogP contribution >= 0.6 is 0 Å². The number of hydrogen-bond acceptors (Lipinski definition) is 10. The van der Waals surface area contributed by atoms with E-state index < -0.39 is 41.2 Å². The van der Waals surface area contributed by atoms with E-state index in [-0.39, 0.29) is 43.5 Å². The summed E-state index contributed by atoms with van der Waals surface area (Å²) in [6.45, 7) is 3.31. The van der Waals surface area contributed by atoms with E-state index in [2.05, 4.69) is 4.90 Å². The van der Waals surface area contributed by atoms with Crippen molar-refractivity contribution in [2.45, 2.75) is 87.9 Å². The van der Waals surface area contributed by atoms with Crippen molar-refractivity contribution >= 4 is 17.7 Å². The Balaban J connectivity index is 1.41. The molecule has 2 bridgehead atoms. The molecule has 10 heteroatoms. The number of likely N-dealkylation sites (tertiary alicyclic amines) is 1. The van der Waals surface area contributed by atoms with Gasteiger partial charge in [0.05, 0.1) is 17.6 Å². The van der Waals surface area contributed by atoms with Crippen molar-refractivity contribution in [1.29, 1.82) is 0 Å². The number of aliphatic hydroxyl groups is 2. The van der Waals surface area contributed by atoms with Gasteiger partial charge in [0.25, 0.3) is 0 Å². The summed E-state index contributed by atoms with van der Waals surface area (Å²) in [5.41, 5.74) is 6.40. The van der Waals surface area contributed by atoms with Crippen molar-refractivity contribution in [2.24, 2.45) is 5.73 Å². The summed E-state index contributed by atoms with van der Waals surface area (Å²) < 4.78 is 17.4. The number of carbonyl (C=O) groups is 3. The van der Waals surface area contributed by atoms with Gasteiger partial charge in [0.1, 0.15) is 23.3 Å². The van der Waals surface area contributed by atoms with Crippen LogP contribution in [0.25, 0.3) is 0 Å². The highest BCUT2D eigenvalue weighted by molar-refractivity contribution is 5.83. The van der Waals surface area contributed by atoms with E-state index in [1.165, 1.54) is 13.8 Å². The minimum absolute atomic E-state index is 0.0943. The van der Waals surface area contributed by atoms with Gasteiger partial charge in [0.15, 0.2) is 12.2 Å². The Bertz CT molecular complexity index is 1180. The van der Waals surface area contributed by atoms with Gasteiger partial charge in [0, 0.05) is 30.0 Å². The topological polar surface area (TPSA) is 149 Å². The minimum atomic E-state index is -1.24. The molecule has 0 saturated carbocycles. The normalized spacial score (nSPS) is 30.9. The van der Waals surface area contributed by atoms with Gasteiger partial charge in [-0.1, -0.05) is 12.1 Å². The lowest BCUT2D eigenvalue weighted by Gasteiger charge is -2.61. The Labute approximate surface area is 215 Å². The summed E-state index contributed by atoms with van der Waals surface area (Å²) in [6, 6.07) is 2.66. The van der Waals surface area contributed by atoms with Crippen molar-refractivity contribution in [3.63, 3.8) is 0 Å². The van der Waals surface area contributed by atoms with E-state index in [1.54, 1.807) is 6.08 Å². The predicted octanol–water partition coefficient (Wildman–Crippen LogP) is 0.628. The molecule has 2 aliphatic carbocycles. The Morgan fingerprint density at radius 3 is 2.76 bits per heavy atom. The molecule has 0 aromatic heterocycles. The highest BCUT2D eigenvalue weighted by atomic mass is 16.6. The van der Waals surface area contributed by atoms with Crippen LogP contribution in [-0.2, 0) is 42.3 Å². The highest BCUT2D eigenvalue weighted by Gasteiger charge is 2.71. The zero-order valence-electron chi connectivity index (χ0n) is 21.4. The van der Waals surface area contributed by atoms with Gasteiger partial charge in [-0.05, 0) is 58.3 Å². The molecule has 10 nitrogen and oxygen atoms in total. The lowest BCUT2D eigenvalue weighted by Crippen LogP contribution is -2.74. The molecule has 5 rings (SSSR count). The SMILES string of the molecule is CC(=O)CC[C@H](N)C(=O)O[C@@H](C)C(=O)OC1=CC[C@@]2(O)[C@H]3Cc4ccc(CO)c5c4[C@@]2(CCN3C)[C@H]1O5. The summed E-state index contributed by atoms with van der Waals surface area (Å²) in [6.07, 6.45) is 1.45. The maximum absolute atomic E-state index is 13.0. The molecule has 0 amide bonds. The molecular weight excluding hydrogens is 480 g/mol. The second-order valence-electron chi connectivity index (χ2n) is 10.7. The summed E-state index contributed by atoms with van der Waals surface area (Å²) in [4.78, 5) is 38.6. The quantitative estimate of drug-likeness (QED) is 0.422. The van der Waals surface area contributed by atoms with E-state index >= 15 is 0 Å². The molecule has 6 atom stereocenters. The van der Waals surface area contributed by atoms with Gasteiger partial charge >= 0.3 is 11.9 Å². The number of ketones is 1. The number of rotatable bonds is 8. The number of esters is 2. The largest absolute Gasteiger partial charge is 0.481 e. The monoisotopic (exact) mass is 514 g/mol. The Hall–Kier alpha value is -2.79. The minimum Gasteiger partial charge on any atom is -0.481 e. The lowest BCUT2D eigenvalue weighted by atomic mass is 9.50. The molecule has 1 aromatic rings. The number of hydrogen-bond donors (Lipinski definition) is 3. The number of carbonyl (C=O) groups excluding carboxylic acids is 3. The maximum Gasteiger partial charge on any atom is 0.352 e. The Kier molecular flexibility index (Phi) is 6.42. The smallest absolute Gasteiger partial charge is 0.352 e. The molecule has 1 spiro atoms. The summed E-state index contributed by atoms with van der Waals surface area (Å²) >= 11 is 0. The van der Waals surface area contributed by atoms with Crippen LogP contribution in [0.5, 0.6) is 5.75 Å². The third-order valence-corrected chi connectivity index (χ3v) is 8.58. The number of benzene rings is 1. The van der Waals surface area contributed by atoms with Crippen LogP contribution in [0.2, 0.25) is 0 Å². The van der Waals surface area contributed by atoms with Gasteiger partial charge in [0.2, 0.25) is 0 Å². The molecule has 2 aliphatic heterocycles. The average Bonchev–Trinajstić information content (AvgIpc) is 3.21. The van der Waals surface area contributed by atoms with Crippen LogP contribution < -0.4 is 10.5 Å². The molecule has 1 fully saturated rings. The van der Waals surface area contributed by atoms with Crippen molar-refractivity contribution in [3.8, 4) is 5.75 Å². The molecule has 2 heterocycles. The van der Waals surface area contributed by atoms with Gasteiger partial charge in [-0.25, -0.2) is 4.79 Å². The molecule has 4 N–H and O–H groups in total. The van der Waals surface area contributed by atoms with Gasteiger partial charge in [-0.2, -0.15) is 0 Å². The zero-order valence-corrected chi connectivity index (χ0v) is 21.4. The van der Waals surface area contributed by atoms with E-state index in [9.17, 15) is 24.6 Å². The summed E-state index contributed by atoms with van der Waals surface area (Å²) in [7, 11) is 2.00. The van der Waals surface area contributed by atoms with Crippen LogP contribution in [-0.4, -0.2) is 76.3 Å². The first kappa shape index (κ1) is 25.8. The molecule has 4 aliphatic rings. The molecular formula is C27H34N2O8. The fourth-order valence-electron chi connectivity index (χ4n) is 6.62. The standard InChI is InChI=1S/C27H34N2O8/c1-14(31)4-7-18(28)25(33)35-15(2)24(32)36-19-8-9-27(34)20-12-16-5-6-17(13-30)22-21(16)26(27,23(19)37-22)10-11-29(20)3/h5-6,8,15,18,20,23,30,34H,4,7,9-13,28H2,1-3H3/t15-,18-,20+,23-,26-,27+/m0/s1. The van der Waals surface area contributed by atoms with E-state index in [0.717, 1.165) is 17.7 Å². The third kappa shape index (κ3) is 3.80. The van der Waals surface area contributed by atoms with Gasteiger partial charge in [-0.15, -0.1) is 0 Å². The molecule has 0 radical (unpaired) electrons. The van der Waals surface area contributed by atoms with Crippen LogP contribution in [0.3, 0.4) is 0 Å². The number of nitrogens with two attached hydrogens (primary N) is 1. The number of aliphatic hydroxyl groups excluding tert-OH is 1. The lowest BCUT2D eigenvalue weighted by molar-refractivity contribution is -0.175. The number of ether oxygens (including phenoxy) is 3. The van der Waals surface area contributed by atoms with Crippen LogP contribution in [0.1, 0.15) is 56.2 Å². The van der Waals surface area contributed by atoms with Gasteiger partial charge < -0.3 is 39.9 Å². The second kappa shape index (κ2) is 9.20. The second-order valence-corrected chi connectivity index (χ2v) is 10.7. The highest BCUT2D eigenvalue weighted by Crippen LogP contribution is 2.64.